The minimum atomic E-state index is 0.569. The van der Waals surface area contributed by atoms with Gasteiger partial charge in [0.2, 0.25) is 0 Å². The second-order valence-electron chi connectivity index (χ2n) is 2.46. The van der Waals surface area contributed by atoms with Gasteiger partial charge in [0.05, 0.1) is 10.7 Å². The number of aromatic nitrogens is 2. The van der Waals surface area contributed by atoms with Crippen LogP contribution >= 0.6 is 34.7 Å². The van der Waals surface area contributed by atoms with Crippen molar-refractivity contribution in [2.24, 2.45) is 0 Å². The van der Waals surface area contributed by atoms with E-state index in [9.17, 15) is 0 Å². The monoisotopic (exact) mass is 243 g/mol. The molecule has 2 aromatic rings. The van der Waals surface area contributed by atoms with E-state index in [0.717, 1.165) is 9.24 Å². The van der Waals surface area contributed by atoms with Crippen molar-refractivity contribution in [1.29, 1.82) is 0 Å². The van der Waals surface area contributed by atoms with Gasteiger partial charge in [-0.25, -0.2) is 0 Å². The van der Waals surface area contributed by atoms with Crippen molar-refractivity contribution in [2.45, 2.75) is 9.24 Å². The van der Waals surface area contributed by atoms with Crippen LogP contribution in [-0.4, -0.2) is 10.2 Å². The predicted octanol–water partition coefficient (Wildman–Crippen LogP) is 2.92. The number of anilines is 1. The fraction of sp³-hybridized carbons (Fsp3) is 0. The van der Waals surface area contributed by atoms with Crippen LogP contribution in [0.15, 0.2) is 32.9 Å². The van der Waals surface area contributed by atoms with Crippen molar-refractivity contribution in [3.8, 4) is 0 Å². The molecule has 0 spiro atoms. The zero-order valence-electron chi connectivity index (χ0n) is 6.98. The summed E-state index contributed by atoms with van der Waals surface area (Å²) in [7, 11) is 0. The van der Waals surface area contributed by atoms with Crippen molar-refractivity contribution >= 4 is 40.4 Å². The molecule has 2 N–H and O–H groups in total. The van der Waals surface area contributed by atoms with Gasteiger partial charge in [-0.2, -0.15) is 0 Å². The van der Waals surface area contributed by atoms with E-state index in [0.29, 0.717) is 10.7 Å². The van der Waals surface area contributed by atoms with Crippen LogP contribution in [0.3, 0.4) is 0 Å². The van der Waals surface area contributed by atoms with E-state index in [2.05, 4.69) is 10.2 Å². The van der Waals surface area contributed by atoms with Crippen molar-refractivity contribution in [3.63, 3.8) is 0 Å². The molecule has 0 aliphatic carbocycles. The highest BCUT2D eigenvalue weighted by Gasteiger charge is 2.06. The lowest BCUT2D eigenvalue weighted by Crippen LogP contribution is -1.88. The number of para-hydroxylation sites is 1. The average molecular weight is 244 g/mol. The van der Waals surface area contributed by atoms with Gasteiger partial charge in [0, 0.05) is 4.90 Å². The van der Waals surface area contributed by atoms with Crippen LogP contribution < -0.4 is 5.73 Å². The molecule has 0 saturated heterocycles. The lowest BCUT2D eigenvalue weighted by atomic mass is 10.3. The Bertz CT molecular complexity index is 430. The molecule has 0 unspecified atom stereocenters. The van der Waals surface area contributed by atoms with Gasteiger partial charge >= 0.3 is 0 Å². The van der Waals surface area contributed by atoms with Gasteiger partial charge in [-0.1, -0.05) is 40.8 Å². The van der Waals surface area contributed by atoms with E-state index in [4.69, 9.17) is 17.3 Å². The summed E-state index contributed by atoms with van der Waals surface area (Å²) in [4.78, 5) is 0.911. The Labute approximate surface area is 94.3 Å². The minimum absolute atomic E-state index is 0.569. The van der Waals surface area contributed by atoms with Crippen LogP contribution in [-0.2, 0) is 0 Å². The third kappa shape index (κ3) is 2.00. The van der Waals surface area contributed by atoms with Gasteiger partial charge in [0.15, 0.2) is 4.34 Å². The second-order valence-corrected chi connectivity index (χ2v) is 4.99. The van der Waals surface area contributed by atoms with Gasteiger partial charge < -0.3 is 5.73 Å². The Morgan fingerprint density at radius 1 is 1.43 bits per heavy atom. The summed E-state index contributed by atoms with van der Waals surface area (Å²) >= 11 is 8.83. The Morgan fingerprint density at radius 2 is 2.29 bits per heavy atom. The number of benzene rings is 1. The minimum Gasteiger partial charge on any atom is -0.397 e. The summed E-state index contributed by atoms with van der Waals surface area (Å²) in [5.41, 5.74) is 8.08. The number of halogens is 1. The van der Waals surface area contributed by atoms with Crippen molar-refractivity contribution in [2.75, 3.05) is 5.73 Å². The number of hydrogen-bond acceptors (Lipinski definition) is 5. The maximum absolute atomic E-state index is 5.88. The zero-order valence-corrected chi connectivity index (χ0v) is 9.36. The molecule has 1 aromatic heterocycles. The summed E-state index contributed by atoms with van der Waals surface area (Å²) in [5, 5.41) is 8.23. The number of nitrogen functional groups attached to an aromatic ring is 1. The van der Waals surface area contributed by atoms with Gasteiger partial charge in [0.25, 0.3) is 0 Å². The predicted molar refractivity (Wildman–Crippen MR) is 59.9 cm³/mol. The maximum Gasteiger partial charge on any atom is 0.178 e. The summed E-state index contributed by atoms with van der Waals surface area (Å²) in [6.07, 6.45) is 0. The molecule has 0 saturated carbocycles. The molecule has 0 bridgehead atoms. The first-order valence-electron chi connectivity index (χ1n) is 3.75. The summed E-state index contributed by atoms with van der Waals surface area (Å²) in [6, 6.07) is 5.54. The van der Waals surface area contributed by atoms with Gasteiger partial charge in [0.1, 0.15) is 5.51 Å². The molecular weight excluding hydrogens is 238 g/mol. The number of nitrogens with zero attached hydrogens (tertiary/aromatic N) is 2. The van der Waals surface area contributed by atoms with Crippen LogP contribution in [0.1, 0.15) is 0 Å². The van der Waals surface area contributed by atoms with Crippen LogP contribution in [0.5, 0.6) is 0 Å². The summed E-state index contributed by atoms with van der Waals surface area (Å²) in [5.74, 6) is 0. The van der Waals surface area contributed by atoms with E-state index in [1.807, 2.05) is 12.1 Å². The van der Waals surface area contributed by atoms with Crippen molar-refractivity contribution < 1.29 is 0 Å². The number of nitrogens with two attached hydrogens (primary N) is 1. The lowest BCUT2D eigenvalue weighted by Gasteiger charge is -2.03. The van der Waals surface area contributed by atoms with E-state index in [1.54, 1.807) is 11.6 Å². The normalized spacial score (nSPS) is 10.4. The SMILES string of the molecule is Nc1c(Cl)cccc1Sc1nncs1. The lowest BCUT2D eigenvalue weighted by molar-refractivity contribution is 1.01. The third-order valence-electron chi connectivity index (χ3n) is 1.55. The molecule has 0 atom stereocenters. The molecule has 0 aliphatic rings. The number of hydrogen-bond donors (Lipinski definition) is 1. The first-order valence-corrected chi connectivity index (χ1v) is 5.83. The molecule has 6 heteroatoms. The Balaban J connectivity index is 2.29. The number of rotatable bonds is 2. The van der Waals surface area contributed by atoms with Gasteiger partial charge in [-0.15, -0.1) is 10.2 Å². The molecule has 0 amide bonds. The molecule has 72 valence electrons. The van der Waals surface area contributed by atoms with E-state index < -0.39 is 0 Å². The highest BCUT2D eigenvalue weighted by molar-refractivity contribution is 8.01. The summed E-state index contributed by atoms with van der Waals surface area (Å²) in [6.45, 7) is 0. The molecule has 3 nitrogen and oxygen atoms in total. The van der Waals surface area contributed by atoms with Crippen LogP contribution in [0.25, 0.3) is 0 Å². The fourth-order valence-corrected chi connectivity index (χ4v) is 2.65. The zero-order chi connectivity index (χ0) is 9.97. The molecular formula is C8H6ClN3S2. The fourth-order valence-electron chi connectivity index (χ4n) is 0.908. The Hall–Kier alpha value is -0.780. The van der Waals surface area contributed by atoms with Crippen LogP contribution in [0, 0.1) is 0 Å². The Kier molecular flexibility index (Phi) is 2.90. The van der Waals surface area contributed by atoms with E-state index >= 15 is 0 Å². The van der Waals surface area contributed by atoms with E-state index in [-0.39, 0.29) is 0 Å². The second kappa shape index (κ2) is 4.16. The van der Waals surface area contributed by atoms with Crippen molar-refractivity contribution in [1.82, 2.24) is 10.2 Å². The highest BCUT2D eigenvalue weighted by atomic mass is 35.5. The standard InChI is InChI=1S/C8H6ClN3S2/c9-5-2-1-3-6(7(5)10)14-8-12-11-4-13-8/h1-4H,10H2. The first-order chi connectivity index (χ1) is 6.77. The molecule has 0 aliphatic heterocycles. The smallest absolute Gasteiger partial charge is 0.178 e. The van der Waals surface area contributed by atoms with E-state index in [1.165, 1.54) is 23.1 Å². The molecule has 0 radical (unpaired) electrons. The molecule has 1 aromatic carbocycles. The largest absolute Gasteiger partial charge is 0.397 e. The first kappa shape index (κ1) is 9.76. The Morgan fingerprint density at radius 3 is 3.00 bits per heavy atom. The quantitative estimate of drug-likeness (QED) is 0.824. The maximum atomic E-state index is 5.88. The molecule has 0 fully saturated rings. The third-order valence-corrected chi connectivity index (χ3v) is 3.73. The summed E-state index contributed by atoms with van der Waals surface area (Å²) < 4.78 is 0.860. The average Bonchev–Trinajstić information content (AvgIpc) is 2.66. The van der Waals surface area contributed by atoms with Crippen molar-refractivity contribution in [3.05, 3.63) is 28.7 Å². The van der Waals surface area contributed by atoms with Gasteiger partial charge in [-0.3, -0.25) is 0 Å². The van der Waals surface area contributed by atoms with Crippen LogP contribution in [0.2, 0.25) is 5.02 Å². The van der Waals surface area contributed by atoms with Gasteiger partial charge in [-0.05, 0) is 12.1 Å². The highest BCUT2D eigenvalue weighted by Crippen LogP contribution is 2.35. The molecule has 1 heterocycles. The molecule has 2 rings (SSSR count). The molecule has 14 heavy (non-hydrogen) atoms. The van der Waals surface area contributed by atoms with Crippen LogP contribution in [0.4, 0.5) is 5.69 Å². The topological polar surface area (TPSA) is 51.8 Å².